The van der Waals surface area contributed by atoms with E-state index in [2.05, 4.69) is 28.9 Å². The van der Waals surface area contributed by atoms with Crippen LogP contribution >= 0.6 is 0 Å². The summed E-state index contributed by atoms with van der Waals surface area (Å²) in [5.74, 6) is 1.26. The summed E-state index contributed by atoms with van der Waals surface area (Å²) in [6, 6.07) is 5.03. The molecule has 2 aliphatic heterocycles. The van der Waals surface area contributed by atoms with E-state index in [-0.39, 0.29) is 0 Å². The van der Waals surface area contributed by atoms with E-state index in [9.17, 15) is 0 Å². The van der Waals surface area contributed by atoms with Crippen LogP contribution in [0.5, 0.6) is 0 Å². The molecule has 0 N–H and O–H groups in total. The summed E-state index contributed by atoms with van der Waals surface area (Å²) in [7, 11) is 0. The minimum absolute atomic E-state index is 0.591. The fourth-order valence-corrected chi connectivity index (χ4v) is 3.76. The molecule has 110 valence electrons. The van der Waals surface area contributed by atoms with Crippen molar-refractivity contribution in [3.63, 3.8) is 0 Å². The van der Waals surface area contributed by atoms with Crippen LogP contribution in [0, 0.1) is 0 Å². The summed E-state index contributed by atoms with van der Waals surface area (Å²) in [5, 5.41) is 0. The highest BCUT2D eigenvalue weighted by Crippen LogP contribution is 2.36. The molecule has 3 rings (SSSR count). The third kappa shape index (κ3) is 2.83. The number of hydrogen-bond donors (Lipinski definition) is 0. The predicted molar refractivity (Wildman–Crippen MR) is 84.1 cm³/mol. The quantitative estimate of drug-likeness (QED) is 0.835. The van der Waals surface area contributed by atoms with Crippen molar-refractivity contribution in [2.45, 2.75) is 51.5 Å². The average molecular weight is 273 g/mol. The van der Waals surface area contributed by atoms with Gasteiger partial charge in [-0.2, -0.15) is 0 Å². The molecule has 0 spiro atoms. The van der Waals surface area contributed by atoms with Gasteiger partial charge in [-0.15, -0.1) is 0 Å². The van der Waals surface area contributed by atoms with Crippen LogP contribution in [0.25, 0.3) is 0 Å². The van der Waals surface area contributed by atoms with Gasteiger partial charge in [0, 0.05) is 30.9 Å². The SMILES string of the molecule is CCCN1CCCCC1c1cccnc1N1CCCC1. The van der Waals surface area contributed by atoms with Gasteiger partial charge in [0.05, 0.1) is 0 Å². The molecule has 2 saturated heterocycles. The van der Waals surface area contributed by atoms with Crippen molar-refractivity contribution in [1.82, 2.24) is 9.88 Å². The molecule has 1 atom stereocenters. The van der Waals surface area contributed by atoms with Crippen molar-refractivity contribution in [2.24, 2.45) is 0 Å². The van der Waals surface area contributed by atoms with Crippen molar-refractivity contribution < 1.29 is 0 Å². The fourth-order valence-electron chi connectivity index (χ4n) is 3.76. The molecule has 1 aromatic heterocycles. The Morgan fingerprint density at radius 3 is 2.75 bits per heavy atom. The predicted octanol–water partition coefficient (Wildman–Crippen LogP) is 3.62. The maximum Gasteiger partial charge on any atom is 0.133 e. The highest BCUT2D eigenvalue weighted by Gasteiger charge is 2.27. The van der Waals surface area contributed by atoms with E-state index >= 15 is 0 Å². The second-order valence-electron chi connectivity index (χ2n) is 6.16. The molecule has 3 nitrogen and oxygen atoms in total. The van der Waals surface area contributed by atoms with Gasteiger partial charge >= 0.3 is 0 Å². The van der Waals surface area contributed by atoms with E-state index in [1.54, 1.807) is 0 Å². The lowest BCUT2D eigenvalue weighted by molar-refractivity contribution is 0.149. The van der Waals surface area contributed by atoms with Crippen molar-refractivity contribution >= 4 is 5.82 Å². The summed E-state index contributed by atoms with van der Waals surface area (Å²) in [6.07, 6.45) is 9.86. The third-order valence-electron chi connectivity index (χ3n) is 4.71. The summed E-state index contributed by atoms with van der Waals surface area (Å²) in [5.41, 5.74) is 1.47. The van der Waals surface area contributed by atoms with Crippen LogP contribution in [0.2, 0.25) is 0 Å². The number of likely N-dealkylation sites (tertiary alicyclic amines) is 1. The first kappa shape index (κ1) is 13.9. The van der Waals surface area contributed by atoms with Crippen molar-refractivity contribution in [2.75, 3.05) is 31.1 Å². The molecule has 3 heteroatoms. The molecular weight excluding hydrogens is 246 g/mol. The van der Waals surface area contributed by atoms with Crippen molar-refractivity contribution in [1.29, 1.82) is 0 Å². The summed E-state index contributed by atoms with van der Waals surface area (Å²) < 4.78 is 0. The molecule has 0 aliphatic carbocycles. The van der Waals surface area contributed by atoms with Gasteiger partial charge < -0.3 is 4.90 Å². The Balaban J connectivity index is 1.87. The Hall–Kier alpha value is -1.09. The first-order valence-corrected chi connectivity index (χ1v) is 8.34. The smallest absolute Gasteiger partial charge is 0.133 e. The largest absolute Gasteiger partial charge is 0.356 e. The molecule has 0 amide bonds. The van der Waals surface area contributed by atoms with E-state index in [0.29, 0.717) is 6.04 Å². The summed E-state index contributed by atoms with van der Waals surface area (Å²) in [4.78, 5) is 9.90. The van der Waals surface area contributed by atoms with E-state index in [1.807, 2.05) is 6.20 Å². The fraction of sp³-hybridized carbons (Fsp3) is 0.706. The van der Waals surface area contributed by atoms with Gasteiger partial charge in [-0.1, -0.05) is 19.4 Å². The number of pyridine rings is 1. The van der Waals surface area contributed by atoms with Crippen LogP contribution in [-0.4, -0.2) is 36.1 Å². The van der Waals surface area contributed by atoms with Crippen molar-refractivity contribution in [3.05, 3.63) is 23.9 Å². The zero-order valence-corrected chi connectivity index (χ0v) is 12.7. The Kier molecular flexibility index (Phi) is 4.56. The second kappa shape index (κ2) is 6.57. The molecule has 2 aliphatic rings. The number of nitrogens with zero attached hydrogens (tertiary/aromatic N) is 3. The molecule has 20 heavy (non-hydrogen) atoms. The van der Waals surface area contributed by atoms with E-state index in [4.69, 9.17) is 4.98 Å². The number of piperidine rings is 1. The lowest BCUT2D eigenvalue weighted by atomic mass is 9.95. The molecular formula is C17H27N3. The zero-order chi connectivity index (χ0) is 13.8. The summed E-state index contributed by atoms with van der Waals surface area (Å²) >= 11 is 0. The molecule has 0 bridgehead atoms. The molecule has 0 aromatic carbocycles. The monoisotopic (exact) mass is 273 g/mol. The first-order valence-electron chi connectivity index (χ1n) is 8.34. The van der Waals surface area contributed by atoms with Crippen LogP contribution in [0.4, 0.5) is 5.82 Å². The van der Waals surface area contributed by atoms with E-state index in [1.165, 1.54) is 76.1 Å². The van der Waals surface area contributed by atoms with Gasteiger partial charge in [0.1, 0.15) is 5.82 Å². The van der Waals surface area contributed by atoms with E-state index < -0.39 is 0 Å². The number of rotatable bonds is 4. The lowest BCUT2D eigenvalue weighted by Gasteiger charge is -2.37. The third-order valence-corrected chi connectivity index (χ3v) is 4.71. The van der Waals surface area contributed by atoms with Gasteiger partial charge in [0.2, 0.25) is 0 Å². The lowest BCUT2D eigenvalue weighted by Crippen LogP contribution is -2.35. The molecule has 1 aromatic rings. The Morgan fingerprint density at radius 2 is 1.95 bits per heavy atom. The molecule has 0 radical (unpaired) electrons. The van der Waals surface area contributed by atoms with Crippen LogP contribution in [0.3, 0.4) is 0 Å². The maximum absolute atomic E-state index is 4.73. The van der Waals surface area contributed by atoms with Crippen molar-refractivity contribution in [3.8, 4) is 0 Å². The minimum Gasteiger partial charge on any atom is -0.356 e. The van der Waals surface area contributed by atoms with Gasteiger partial charge in [0.15, 0.2) is 0 Å². The van der Waals surface area contributed by atoms with Gasteiger partial charge in [-0.25, -0.2) is 4.98 Å². The molecule has 0 saturated carbocycles. The second-order valence-corrected chi connectivity index (χ2v) is 6.16. The first-order chi connectivity index (χ1) is 9.90. The normalized spacial score (nSPS) is 24.2. The average Bonchev–Trinajstić information content (AvgIpc) is 3.02. The standard InChI is InChI=1S/C17H27N3/c1-2-11-19-12-4-3-9-16(19)15-8-7-10-18-17(15)20-13-5-6-14-20/h7-8,10,16H,2-6,9,11-14H2,1H3. The number of aromatic nitrogens is 1. The Bertz CT molecular complexity index is 424. The minimum atomic E-state index is 0.591. The highest BCUT2D eigenvalue weighted by molar-refractivity contribution is 5.49. The molecule has 3 heterocycles. The molecule has 1 unspecified atom stereocenters. The van der Waals surface area contributed by atoms with Crippen LogP contribution in [-0.2, 0) is 0 Å². The van der Waals surface area contributed by atoms with E-state index in [0.717, 1.165) is 0 Å². The highest BCUT2D eigenvalue weighted by atomic mass is 15.2. The zero-order valence-electron chi connectivity index (χ0n) is 12.7. The van der Waals surface area contributed by atoms with Gasteiger partial charge in [0.25, 0.3) is 0 Å². The maximum atomic E-state index is 4.73. The molecule has 2 fully saturated rings. The number of anilines is 1. The van der Waals surface area contributed by atoms with Crippen LogP contribution < -0.4 is 4.90 Å². The number of hydrogen-bond acceptors (Lipinski definition) is 3. The van der Waals surface area contributed by atoms with Crippen LogP contribution in [0.1, 0.15) is 57.1 Å². The van der Waals surface area contributed by atoms with Gasteiger partial charge in [-0.3, -0.25) is 4.90 Å². The van der Waals surface area contributed by atoms with Gasteiger partial charge in [-0.05, 0) is 51.3 Å². The Morgan fingerprint density at radius 1 is 1.15 bits per heavy atom. The van der Waals surface area contributed by atoms with Crippen LogP contribution in [0.15, 0.2) is 18.3 Å². The Labute approximate surface area is 123 Å². The summed E-state index contributed by atoms with van der Waals surface area (Å²) in [6.45, 7) is 7.14. The topological polar surface area (TPSA) is 19.4 Å².